The van der Waals surface area contributed by atoms with Crippen molar-refractivity contribution in [1.29, 1.82) is 5.26 Å². The number of benzene rings is 3. The molecule has 0 fully saturated rings. The van der Waals surface area contributed by atoms with Crippen LogP contribution < -0.4 is 10.6 Å². The number of alkyl halides is 7. The highest BCUT2D eigenvalue weighted by molar-refractivity contribution is 14.1. The molecule has 2 N–H and O–H groups in total. The predicted molar refractivity (Wildman–Crippen MR) is 140 cm³/mol. The minimum absolute atomic E-state index is 0.0779. The average Bonchev–Trinajstić information content (AvgIpc) is 2.85. The molecule has 204 valence electrons. The van der Waals surface area contributed by atoms with E-state index in [0.29, 0.717) is 0 Å². The van der Waals surface area contributed by atoms with E-state index >= 15 is 4.39 Å². The molecule has 3 aromatic carbocycles. The number of carbonyl (C=O) groups is 2. The number of hydrogen-bond donors (Lipinski definition) is 2. The molecule has 0 aliphatic rings. The summed E-state index contributed by atoms with van der Waals surface area (Å²) in [7, 11) is 0. The van der Waals surface area contributed by atoms with Gasteiger partial charge in [0.2, 0.25) is 0 Å². The topological polar surface area (TPSA) is 82.0 Å². The Morgan fingerprint density at radius 2 is 1.33 bits per heavy atom. The van der Waals surface area contributed by atoms with Gasteiger partial charge in [-0.15, -0.1) is 0 Å². The van der Waals surface area contributed by atoms with Crippen molar-refractivity contribution in [3.63, 3.8) is 0 Å². The van der Waals surface area contributed by atoms with Crippen molar-refractivity contribution in [3.8, 4) is 6.07 Å². The molecular weight excluding hydrogens is 768 g/mol. The van der Waals surface area contributed by atoms with Gasteiger partial charge in [0.15, 0.2) is 5.82 Å². The molecule has 0 saturated carbocycles. The molecule has 0 atom stereocenters. The third-order valence-corrected chi connectivity index (χ3v) is 6.93. The van der Waals surface area contributed by atoms with Crippen molar-refractivity contribution >= 4 is 68.4 Å². The first-order valence-electron chi connectivity index (χ1n) is 10.2. The zero-order valence-electron chi connectivity index (χ0n) is 18.7. The highest BCUT2D eigenvalue weighted by atomic mass is 127. The van der Waals surface area contributed by atoms with Gasteiger partial charge in [-0.05, 0) is 93.7 Å². The molecule has 3 rings (SSSR count). The van der Waals surface area contributed by atoms with E-state index in [2.05, 4.69) is 10.6 Å². The second-order valence-corrected chi connectivity index (χ2v) is 10.1. The van der Waals surface area contributed by atoms with Gasteiger partial charge in [0, 0.05) is 18.3 Å². The average molecular weight is 779 g/mol. The number of hydrogen-bond acceptors (Lipinski definition) is 3. The number of nitrogens with one attached hydrogen (secondary N) is 2. The van der Waals surface area contributed by atoms with Gasteiger partial charge in [0.1, 0.15) is 0 Å². The van der Waals surface area contributed by atoms with Crippen LogP contribution in [0.3, 0.4) is 0 Å². The number of halogens is 10. The molecule has 3 aromatic rings. The van der Waals surface area contributed by atoms with E-state index in [0.717, 1.165) is 12.1 Å². The van der Waals surface area contributed by atoms with Crippen molar-refractivity contribution in [3.05, 3.63) is 89.8 Å². The quantitative estimate of drug-likeness (QED) is 0.206. The molecule has 0 bridgehead atoms. The summed E-state index contributed by atoms with van der Waals surface area (Å²) in [4.78, 5) is 25.2. The van der Waals surface area contributed by atoms with Crippen molar-refractivity contribution in [1.82, 2.24) is 0 Å². The minimum Gasteiger partial charge on any atom is -0.320 e. The van der Waals surface area contributed by atoms with Crippen LogP contribution in [0.2, 0.25) is 0 Å². The molecule has 0 aliphatic heterocycles. The lowest BCUT2D eigenvalue weighted by Crippen LogP contribution is -2.50. The van der Waals surface area contributed by atoms with Crippen LogP contribution in [0.5, 0.6) is 0 Å². The van der Waals surface area contributed by atoms with Crippen LogP contribution in [-0.4, -0.2) is 24.2 Å². The van der Waals surface area contributed by atoms with Crippen molar-refractivity contribution in [2.24, 2.45) is 0 Å². The van der Waals surface area contributed by atoms with Gasteiger partial charge in [0.05, 0.1) is 28.6 Å². The Labute approximate surface area is 241 Å². The fraction of sp³-hybridized carbons (Fsp3) is 0.125. The minimum atomic E-state index is -6.33. The molecule has 0 saturated heterocycles. The number of nitrogens with zero attached hydrogens (tertiary/aromatic N) is 1. The van der Waals surface area contributed by atoms with E-state index in [4.69, 9.17) is 5.26 Å². The Morgan fingerprint density at radius 1 is 0.795 bits per heavy atom. The van der Waals surface area contributed by atoms with Gasteiger partial charge in [-0.2, -0.15) is 31.6 Å². The molecular formula is C24H11F8I2N3O2. The fourth-order valence-corrected chi connectivity index (χ4v) is 5.29. The zero-order chi connectivity index (χ0) is 29.3. The van der Waals surface area contributed by atoms with Crippen LogP contribution in [-0.2, 0) is 5.67 Å². The Balaban J connectivity index is 1.90. The SMILES string of the molecule is N#Cc1ccc(C(=O)Nc2cccc(C(=O)Nc3c(I)cc(C(F)(C(F)(F)F)C(F)(F)F)cc3I)c2F)cc1. The monoisotopic (exact) mass is 779 g/mol. The predicted octanol–water partition coefficient (Wildman–Crippen LogP) is 7.70. The van der Waals surface area contributed by atoms with Crippen molar-refractivity contribution < 1.29 is 44.7 Å². The maximum atomic E-state index is 15.1. The van der Waals surface area contributed by atoms with E-state index in [1.807, 2.05) is 6.07 Å². The molecule has 15 heteroatoms. The lowest BCUT2D eigenvalue weighted by Gasteiger charge is -2.31. The molecule has 0 aliphatic carbocycles. The summed E-state index contributed by atoms with van der Waals surface area (Å²) < 4.78 is 108. The maximum absolute atomic E-state index is 15.1. The van der Waals surface area contributed by atoms with Crippen LogP contribution in [0, 0.1) is 24.3 Å². The summed E-state index contributed by atoms with van der Waals surface area (Å²) in [6.45, 7) is 0. The summed E-state index contributed by atoms with van der Waals surface area (Å²) in [6, 6.07) is 11.2. The summed E-state index contributed by atoms with van der Waals surface area (Å²) in [5.41, 5.74) is -8.37. The third-order valence-electron chi connectivity index (χ3n) is 5.23. The van der Waals surface area contributed by atoms with E-state index < -0.39 is 52.5 Å². The van der Waals surface area contributed by atoms with Crippen LogP contribution in [0.15, 0.2) is 54.6 Å². The number of anilines is 2. The van der Waals surface area contributed by atoms with E-state index in [1.165, 1.54) is 75.5 Å². The third kappa shape index (κ3) is 6.10. The molecule has 0 radical (unpaired) electrons. The van der Waals surface area contributed by atoms with Crippen molar-refractivity contribution in [2.75, 3.05) is 10.6 Å². The van der Waals surface area contributed by atoms with Gasteiger partial charge in [-0.3, -0.25) is 9.59 Å². The molecule has 0 unspecified atom stereocenters. The molecule has 2 amide bonds. The van der Waals surface area contributed by atoms with E-state index in [9.17, 15) is 40.3 Å². The summed E-state index contributed by atoms with van der Waals surface area (Å²) >= 11 is 2.62. The highest BCUT2D eigenvalue weighted by Crippen LogP contribution is 2.54. The second-order valence-electron chi connectivity index (χ2n) is 7.73. The summed E-state index contributed by atoms with van der Waals surface area (Å²) in [6.07, 6.45) is -12.7. The lowest BCUT2D eigenvalue weighted by atomic mass is 9.94. The Kier molecular flexibility index (Phi) is 8.79. The summed E-state index contributed by atoms with van der Waals surface area (Å²) in [5.74, 6) is -3.10. The number of rotatable bonds is 5. The number of carbonyl (C=O) groups excluding carboxylic acids is 2. The molecule has 0 spiro atoms. The van der Waals surface area contributed by atoms with Gasteiger partial charge in [-0.25, -0.2) is 8.78 Å². The standard InChI is InChI=1S/C24H11F8I2N3O2/c25-18-14(2-1-3-17(18)36-20(38)12-6-4-11(10-35)5-7-12)21(39)37-19-15(33)8-13(9-16(19)34)22(26,23(27,28)29)24(30,31)32/h1-9H,(H,36,38)(H,37,39). The van der Waals surface area contributed by atoms with E-state index in [-0.39, 0.29) is 36.1 Å². The first kappa shape index (κ1) is 30.5. The molecule has 39 heavy (non-hydrogen) atoms. The molecule has 0 aromatic heterocycles. The smallest absolute Gasteiger partial charge is 0.320 e. The Bertz CT molecular complexity index is 1450. The summed E-state index contributed by atoms with van der Waals surface area (Å²) in [5, 5.41) is 13.3. The van der Waals surface area contributed by atoms with Gasteiger partial charge >= 0.3 is 18.0 Å². The van der Waals surface area contributed by atoms with Gasteiger partial charge in [0.25, 0.3) is 11.8 Å². The number of amides is 2. The normalized spacial score (nSPS) is 12.0. The van der Waals surface area contributed by atoms with Crippen LogP contribution >= 0.6 is 45.2 Å². The second kappa shape index (κ2) is 11.2. The first-order chi connectivity index (χ1) is 18.0. The van der Waals surface area contributed by atoms with Gasteiger partial charge < -0.3 is 10.6 Å². The van der Waals surface area contributed by atoms with Crippen LogP contribution in [0.1, 0.15) is 31.8 Å². The Hall–Kier alpha value is -3.01. The van der Waals surface area contributed by atoms with E-state index in [1.54, 1.807) is 0 Å². The van der Waals surface area contributed by atoms with Crippen molar-refractivity contribution in [2.45, 2.75) is 18.0 Å². The Morgan fingerprint density at radius 3 is 1.82 bits per heavy atom. The largest absolute Gasteiger partial charge is 0.435 e. The number of nitriles is 1. The zero-order valence-corrected chi connectivity index (χ0v) is 23.1. The lowest BCUT2D eigenvalue weighted by molar-refractivity contribution is -0.348. The molecule has 0 heterocycles. The van der Waals surface area contributed by atoms with Crippen LogP contribution in [0.4, 0.5) is 46.5 Å². The van der Waals surface area contributed by atoms with Crippen LogP contribution in [0.25, 0.3) is 0 Å². The first-order valence-corrected chi connectivity index (χ1v) is 12.4. The highest BCUT2D eigenvalue weighted by Gasteiger charge is 2.73. The maximum Gasteiger partial charge on any atom is 0.435 e. The fourth-order valence-electron chi connectivity index (χ4n) is 3.25. The van der Waals surface area contributed by atoms with Gasteiger partial charge in [-0.1, -0.05) is 6.07 Å². The molecule has 5 nitrogen and oxygen atoms in total.